The van der Waals surface area contributed by atoms with Gasteiger partial charge in [0.1, 0.15) is 0 Å². The van der Waals surface area contributed by atoms with Crippen molar-refractivity contribution in [1.29, 1.82) is 0 Å². The van der Waals surface area contributed by atoms with Gasteiger partial charge in [-0.25, -0.2) is 0 Å². The SMILES string of the molecule is Cc1sc(C(=O)N2CCC(CO)C2)cc1N. The molecule has 3 N–H and O–H groups in total. The molecule has 1 aromatic rings. The van der Waals surface area contributed by atoms with Gasteiger partial charge in [-0.15, -0.1) is 11.3 Å². The standard InChI is InChI=1S/C11H16N2O2S/c1-7-9(12)4-10(16-7)11(15)13-3-2-8(5-13)6-14/h4,8,14H,2-3,5-6,12H2,1H3. The Kier molecular flexibility index (Phi) is 3.16. The highest BCUT2D eigenvalue weighted by Crippen LogP contribution is 2.26. The summed E-state index contributed by atoms with van der Waals surface area (Å²) in [7, 11) is 0. The van der Waals surface area contributed by atoms with Crippen LogP contribution in [0.5, 0.6) is 0 Å². The predicted octanol–water partition coefficient (Wildman–Crippen LogP) is 1.09. The first-order valence-corrected chi connectivity index (χ1v) is 6.19. The topological polar surface area (TPSA) is 66.6 Å². The summed E-state index contributed by atoms with van der Waals surface area (Å²) < 4.78 is 0. The maximum Gasteiger partial charge on any atom is 0.264 e. The number of aryl methyl sites for hydroxylation is 1. The minimum Gasteiger partial charge on any atom is -0.398 e. The van der Waals surface area contributed by atoms with Gasteiger partial charge >= 0.3 is 0 Å². The van der Waals surface area contributed by atoms with Crippen molar-refractivity contribution in [3.05, 3.63) is 15.8 Å². The fourth-order valence-corrected chi connectivity index (χ4v) is 2.83. The number of nitrogens with zero attached hydrogens (tertiary/aromatic N) is 1. The molecule has 2 heterocycles. The van der Waals surface area contributed by atoms with Crippen LogP contribution in [0.1, 0.15) is 21.0 Å². The van der Waals surface area contributed by atoms with Gasteiger partial charge in [0.25, 0.3) is 5.91 Å². The van der Waals surface area contributed by atoms with E-state index in [1.807, 2.05) is 6.92 Å². The molecule has 0 bridgehead atoms. The molecule has 4 nitrogen and oxygen atoms in total. The normalized spacial score (nSPS) is 20.4. The van der Waals surface area contributed by atoms with Crippen LogP contribution in [0, 0.1) is 12.8 Å². The highest BCUT2D eigenvalue weighted by atomic mass is 32.1. The molecule has 2 rings (SSSR count). The Balaban J connectivity index is 2.08. The van der Waals surface area contributed by atoms with Gasteiger partial charge in [-0.3, -0.25) is 4.79 Å². The van der Waals surface area contributed by atoms with Crippen LogP contribution in [-0.4, -0.2) is 35.6 Å². The van der Waals surface area contributed by atoms with E-state index in [-0.39, 0.29) is 18.4 Å². The van der Waals surface area contributed by atoms with E-state index in [1.54, 1.807) is 11.0 Å². The third-order valence-corrected chi connectivity index (χ3v) is 4.05. The monoisotopic (exact) mass is 240 g/mol. The average Bonchev–Trinajstić information content (AvgIpc) is 2.86. The summed E-state index contributed by atoms with van der Waals surface area (Å²) >= 11 is 1.44. The fraction of sp³-hybridized carbons (Fsp3) is 0.545. The van der Waals surface area contributed by atoms with Crippen LogP contribution in [0.4, 0.5) is 5.69 Å². The van der Waals surface area contributed by atoms with Gasteiger partial charge in [-0.2, -0.15) is 0 Å². The number of amides is 1. The molecule has 16 heavy (non-hydrogen) atoms. The molecule has 5 heteroatoms. The summed E-state index contributed by atoms with van der Waals surface area (Å²) in [5.74, 6) is 0.281. The Morgan fingerprint density at radius 3 is 3.00 bits per heavy atom. The Morgan fingerprint density at radius 1 is 1.75 bits per heavy atom. The lowest BCUT2D eigenvalue weighted by atomic mass is 10.1. The quantitative estimate of drug-likeness (QED) is 0.813. The van der Waals surface area contributed by atoms with Gasteiger partial charge in [0.05, 0.1) is 4.88 Å². The molecule has 1 unspecified atom stereocenters. The van der Waals surface area contributed by atoms with Crippen molar-refractivity contribution in [2.24, 2.45) is 5.92 Å². The van der Waals surface area contributed by atoms with Crippen molar-refractivity contribution in [2.45, 2.75) is 13.3 Å². The summed E-state index contributed by atoms with van der Waals surface area (Å²) in [6, 6.07) is 1.74. The lowest BCUT2D eigenvalue weighted by Crippen LogP contribution is -2.28. The van der Waals surface area contributed by atoms with Crippen molar-refractivity contribution in [3.8, 4) is 0 Å². The van der Waals surface area contributed by atoms with Crippen LogP contribution in [0.2, 0.25) is 0 Å². The molecular weight excluding hydrogens is 224 g/mol. The molecule has 0 spiro atoms. The molecule has 88 valence electrons. The molecule has 1 saturated heterocycles. The number of rotatable bonds is 2. The number of aliphatic hydroxyl groups is 1. The van der Waals surface area contributed by atoms with Gasteiger partial charge in [0.15, 0.2) is 0 Å². The van der Waals surface area contributed by atoms with Gasteiger partial charge < -0.3 is 15.7 Å². The van der Waals surface area contributed by atoms with Crippen molar-refractivity contribution < 1.29 is 9.90 Å². The average molecular weight is 240 g/mol. The number of likely N-dealkylation sites (tertiary alicyclic amines) is 1. The molecule has 1 aromatic heterocycles. The molecule has 1 amide bonds. The second-order valence-electron chi connectivity index (χ2n) is 4.21. The highest BCUT2D eigenvalue weighted by Gasteiger charge is 2.27. The number of hydrogen-bond acceptors (Lipinski definition) is 4. The minimum absolute atomic E-state index is 0.0424. The fourth-order valence-electron chi connectivity index (χ4n) is 1.92. The zero-order chi connectivity index (χ0) is 11.7. The van der Waals surface area contributed by atoms with Crippen LogP contribution >= 0.6 is 11.3 Å². The van der Waals surface area contributed by atoms with E-state index < -0.39 is 0 Å². The van der Waals surface area contributed by atoms with Crippen LogP contribution in [0.15, 0.2) is 6.07 Å². The molecule has 0 aliphatic carbocycles. The third-order valence-electron chi connectivity index (χ3n) is 3.00. The summed E-state index contributed by atoms with van der Waals surface area (Å²) in [6.45, 7) is 3.47. The number of nitrogens with two attached hydrogens (primary N) is 1. The summed E-state index contributed by atoms with van der Waals surface area (Å²) in [4.78, 5) is 15.6. The van der Waals surface area contributed by atoms with E-state index in [1.165, 1.54) is 11.3 Å². The number of anilines is 1. The van der Waals surface area contributed by atoms with Gasteiger partial charge in [0, 0.05) is 36.2 Å². The Labute approximate surface area is 98.7 Å². The van der Waals surface area contributed by atoms with E-state index in [0.29, 0.717) is 17.1 Å². The maximum atomic E-state index is 12.1. The molecule has 1 fully saturated rings. The van der Waals surface area contributed by atoms with Crippen LogP contribution < -0.4 is 5.73 Å². The second-order valence-corrected chi connectivity index (χ2v) is 5.47. The van der Waals surface area contributed by atoms with Crippen molar-refractivity contribution >= 4 is 22.9 Å². The minimum atomic E-state index is 0.0424. The van der Waals surface area contributed by atoms with Gasteiger partial charge in [0.2, 0.25) is 0 Å². The van der Waals surface area contributed by atoms with Gasteiger partial charge in [-0.05, 0) is 19.4 Å². The van der Waals surface area contributed by atoms with E-state index in [4.69, 9.17) is 10.8 Å². The number of hydrogen-bond donors (Lipinski definition) is 2. The summed E-state index contributed by atoms with van der Waals surface area (Å²) in [5, 5.41) is 9.03. The Hall–Kier alpha value is -1.07. The number of thiophene rings is 1. The molecule has 0 aromatic carbocycles. The Morgan fingerprint density at radius 2 is 2.50 bits per heavy atom. The molecule has 0 radical (unpaired) electrons. The molecule has 1 atom stereocenters. The lowest BCUT2D eigenvalue weighted by molar-refractivity contribution is 0.0786. The first-order chi connectivity index (χ1) is 7.61. The van der Waals surface area contributed by atoms with Crippen LogP contribution in [0.25, 0.3) is 0 Å². The third kappa shape index (κ3) is 2.05. The molecule has 1 aliphatic rings. The van der Waals surface area contributed by atoms with E-state index in [2.05, 4.69) is 0 Å². The number of aliphatic hydroxyl groups excluding tert-OH is 1. The zero-order valence-electron chi connectivity index (χ0n) is 9.27. The van der Waals surface area contributed by atoms with Crippen molar-refractivity contribution in [2.75, 3.05) is 25.4 Å². The van der Waals surface area contributed by atoms with Crippen molar-refractivity contribution in [3.63, 3.8) is 0 Å². The molecular formula is C11H16N2O2S. The number of carbonyl (C=O) groups is 1. The molecule has 1 aliphatic heterocycles. The number of carbonyl (C=O) groups excluding carboxylic acids is 1. The zero-order valence-corrected chi connectivity index (χ0v) is 10.1. The van der Waals surface area contributed by atoms with Gasteiger partial charge in [-0.1, -0.05) is 0 Å². The number of nitrogen functional groups attached to an aromatic ring is 1. The Bertz CT molecular complexity index is 383. The highest BCUT2D eigenvalue weighted by molar-refractivity contribution is 7.14. The van der Waals surface area contributed by atoms with E-state index in [0.717, 1.165) is 17.8 Å². The second kappa shape index (κ2) is 4.43. The van der Waals surface area contributed by atoms with Crippen molar-refractivity contribution in [1.82, 2.24) is 4.90 Å². The predicted molar refractivity (Wildman–Crippen MR) is 64.6 cm³/mol. The first-order valence-electron chi connectivity index (χ1n) is 5.38. The summed E-state index contributed by atoms with van der Waals surface area (Å²) in [6.07, 6.45) is 0.891. The van der Waals surface area contributed by atoms with E-state index in [9.17, 15) is 4.79 Å². The van der Waals surface area contributed by atoms with Crippen LogP contribution in [-0.2, 0) is 0 Å². The first kappa shape index (κ1) is 11.4. The lowest BCUT2D eigenvalue weighted by Gasteiger charge is -2.14. The molecule has 0 saturated carbocycles. The van der Waals surface area contributed by atoms with Crippen LogP contribution in [0.3, 0.4) is 0 Å². The largest absolute Gasteiger partial charge is 0.398 e. The van der Waals surface area contributed by atoms with E-state index >= 15 is 0 Å². The smallest absolute Gasteiger partial charge is 0.264 e. The summed E-state index contributed by atoms with van der Waals surface area (Å²) in [5.41, 5.74) is 6.42. The maximum absolute atomic E-state index is 12.1.